The Bertz CT molecular complexity index is 535. The summed E-state index contributed by atoms with van der Waals surface area (Å²) in [4.78, 5) is 13.5. The van der Waals surface area contributed by atoms with E-state index in [0.717, 1.165) is 17.9 Å². The summed E-state index contributed by atoms with van der Waals surface area (Å²) in [7, 11) is 0. The van der Waals surface area contributed by atoms with Gasteiger partial charge in [-0.05, 0) is 30.8 Å². The predicted molar refractivity (Wildman–Crippen MR) is 77.7 cm³/mol. The van der Waals surface area contributed by atoms with Crippen LogP contribution in [0, 0.1) is 5.92 Å². The van der Waals surface area contributed by atoms with Gasteiger partial charge in [0.2, 0.25) is 5.91 Å². The lowest BCUT2D eigenvalue weighted by atomic mass is 10.1. The molecule has 0 saturated heterocycles. The molecular formula is C14H19N5O. The average Bonchev–Trinajstić information content (AvgIpc) is 2.99. The lowest BCUT2D eigenvalue weighted by Crippen LogP contribution is -2.30. The molecule has 2 N–H and O–H groups in total. The van der Waals surface area contributed by atoms with E-state index >= 15 is 0 Å². The summed E-state index contributed by atoms with van der Waals surface area (Å²) in [6.45, 7) is 5.47. The van der Waals surface area contributed by atoms with Crippen molar-refractivity contribution in [2.45, 2.75) is 13.8 Å². The molecule has 0 radical (unpaired) electrons. The number of rotatable bonds is 6. The van der Waals surface area contributed by atoms with E-state index in [0.29, 0.717) is 6.54 Å². The molecule has 1 aromatic carbocycles. The summed E-state index contributed by atoms with van der Waals surface area (Å²) in [6, 6.07) is 7.42. The zero-order chi connectivity index (χ0) is 14.4. The number of nitrogens with one attached hydrogen (secondary N) is 2. The van der Waals surface area contributed by atoms with Crippen LogP contribution >= 0.6 is 0 Å². The Labute approximate surface area is 118 Å². The van der Waals surface area contributed by atoms with Gasteiger partial charge in [0.05, 0.1) is 18.1 Å². The van der Waals surface area contributed by atoms with Crippen molar-refractivity contribution in [1.82, 2.24) is 20.3 Å². The molecule has 1 aromatic heterocycles. The zero-order valence-electron chi connectivity index (χ0n) is 11.7. The number of benzene rings is 1. The van der Waals surface area contributed by atoms with E-state index in [1.807, 2.05) is 38.1 Å². The van der Waals surface area contributed by atoms with Crippen LogP contribution < -0.4 is 10.6 Å². The summed E-state index contributed by atoms with van der Waals surface area (Å²) in [5, 5.41) is 14.2. The van der Waals surface area contributed by atoms with Crippen LogP contribution in [0.4, 0.5) is 5.69 Å². The molecule has 106 valence electrons. The molecule has 0 spiro atoms. The van der Waals surface area contributed by atoms with Gasteiger partial charge in [0.1, 0.15) is 0 Å². The number of aromatic nitrogens is 3. The fourth-order valence-corrected chi connectivity index (χ4v) is 1.75. The molecule has 6 nitrogen and oxygen atoms in total. The van der Waals surface area contributed by atoms with Crippen molar-refractivity contribution < 1.29 is 4.79 Å². The standard InChI is InChI=1S/C14H19N5O/c1-3-15-10-11(2)14(20)18-12-4-6-13(7-5-12)19-16-8-9-17-19/h4-9,11,15H,3,10H2,1-2H3,(H,18,20). The lowest BCUT2D eigenvalue weighted by Gasteiger charge is -2.12. The quantitative estimate of drug-likeness (QED) is 0.835. The van der Waals surface area contributed by atoms with Gasteiger partial charge in [-0.1, -0.05) is 13.8 Å². The van der Waals surface area contributed by atoms with Gasteiger partial charge in [-0.25, -0.2) is 0 Å². The maximum atomic E-state index is 12.0. The first-order chi connectivity index (χ1) is 9.70. The Hall–Kier alpha value is -2.21. The van der Waals surface area contributed by atoms with Gasteiger partial charge in [0, 0.05) is 18.2 Å². The Morgan fingerprint density at radius 3 is 2.50 bits per heavy atom. The van der Waals surface area contributed by atoms with Crippen LogP contribution in [0.15, 0.2) is 36.7 Å². The van der Waals surface area contributed by atoms with E-state index in [2.05, 4.69) is 20.8 Å². The van der Waals surface area contributed by atoms with E-state index in [9.17, 15) is 4.79 Å². The topological polar surface area (TPSA) is 71.8 Å². The van der Waals surface area contributed by atoms with Crippen LogP contribution in [0.1, 0.15) is 13.8 Å². The molecule has 0 aliphatic carbocycles. The molecule has 20 heavy (non-hydrogen) atoms. The maximum absolute atomic E-state index is 12.0. The van der Waals surface area contributed by atoms with Gasteiger partial charge in [-0.15, -0.1) is 0 Å². The molecule has 0 fully saturated rings. The zero-order valence-corrected chi connectivity index (χ0v) is 11.7. The fourth-order valence-electron chi connectivity index (χ4n) is 1.75. The molecule has 0 saturated carbocycles. The Balaban J connectivity index is 1.95. The molecular weight excluding hydrogens is 254 g/mol. The maximum Gasteiger partial charge on any atom is 0.228 e. The second kappa shape index (κ2) is 6.81. The SMILES string of the molecule is CCNCC(C)C(=O)Nc1ccc(-n2nccn2)cc1. The average molecular weight is 273 g/mol. The highest BCUT2D eigenvalue weighted by molar-refractivity contribution is 5.92. The number of carbonyl (C=O) groups excluding carboxylic acids is 1. The molecule has 0 aliphatic rings. The summed E-state index contributed by atoms with van der Waals surface area (Å²) < 4.78 is 0. The lowest BCUT2D eigenvalue weighted by molar-refractivity contribution is -0.119. The van der Waals surface area contributed by atoms with Crippen molar-refractivity contribution in [3.05, 3.63) is 36.7 Å². The Kier molecular flexibility index (Phi) is 4.84. The molecule has 0 bridgehead atoms. The van der Waals surface area contributed by atoms with Gasteiger partial charge in [0.15, 0.2) is 0 Å². The molecule has 1 heterocycles. The smallest absolute Gasteiger partial charge is 0.228 e. The van der Waals surface area contributed by atoms with Crippen LogP contribution in [0.2, 0.25) is 0 Å². The first-order valence-corrected chi connectivity index (χ1v) is 6.69. The summed E-state index contributed by atoms with van der Waals surface area (Å²) in [5.41, 5.74) is 1.63. The first-order valence-electron chi connectivity index (χ1n) is 6.69. The van der Waals surface area contributed by atoms with Crippen molar-refractivity contribution in [3.8, 4) is 5.69 Å². The van der Waals surface area contributed by atoms with E-state index < -0.39 is 0 Å². The number of carbonyl (C=O) groups is 1. The number of amides is 1. The molecule has 2 aromatic rings. The van der Waals surface area contributed by atoms with E-state index in [1.54, 1.807) is 12.4 Å². The van der Waals surface area contributed by atoms with Crippen molar-refractivity contribution in [1.29, 1.82) is 0 Å². The largest absolute Gasteiger partial charge is 0.326 e. The fraction of sp³-hybridized carbons (Fsp3) is 0.357. The number of nitrogens with zero attached hydrogens (tertiary/aromatic N) is 3. The predicted octanol–water partition coefficient (Wildman–Crippen LogP) is 1.45. The van der Waals surface area contributed by atoms with Crippen LogP contribution in [0.3, 0.4) is 0 Å². The van der Waals surface area contributed by atoms with Crippen molar-refractivity contribution in [3.63, 3.8) is 0 Å². The second-order valence-corrected chi connectivity index (χ2v) is 4.56. The van der Waals surface area contributed by atoms with E-state index in [1.165, 1.54) is 4.80 Å². The molecule has 1 atom stereocenters. The number of hydrogen-bond acceptors (Lipinski definition) is 4. The van der Waals surface area contributed by atoms with Crippen molar-refractivity contribution >= 4 is 11.6 Å². The highest BCUT2D eigenvalue weighted by Crippen LogP contribution is 2.12. The third kappa shape index (κ3) is 3.64. The van der Waals surface area contributed by atoms with Crippen molar-refractivity contribution in [2.75, 3.05) is 18.4 Å². The van der Waals surface area contributed by atoms with Gasteiger partial charge in [-0.2, -0.15) is 15.0 Å². The van der Waals surface area contributed by atoms with Gasteiger partial charge in [-0.3, -0.25) is 4.79 Å². The normalized spacial score (nSPS) is 12.1. The van der Waals surface area contributed by atoms with Gasteiger partial charge in [0.25, 0.3) is 0 Å². The third-order valence-electron chi connectivity index (χ3n) is 2.93. The number of hydrogen-bond donors (Lipinski definition) is 2. The van der Waals surface area contributed by atoms with E-state index in [-0.39, 0.29) is 11.8 Å². The summed E-state index contributed by atoms with van der Waals surface area (Å²) in [6.07, 6.45) is 3.25. The highest BCUT2D eigenvalue weighted by atomic mass is 16.1. The minimum Gasteiger partial charge on any atom is -0.326 e. The van der Waals surface area contributed by atoms with E-state index in [4.69, 9.17) is 0 Å². The van der Waals surface area contributed by atoms with Crippen molar-refractivity contribution in [2.24, 2.45) is 5.92 Å². The van der Waals surface area contributed by atoms with Crippen LogP contribution in [-0.2, 0) is 4.79 Å². The van der Waals surface area contributed by atoms with Gasteiger partial charge < -0.3 is 10.6 Å². The monoisotopic (exact) mass is 273 g/mol. The summed E-state index contributed by atoms with van der Waals surface area (Å²) in [5.74, 6) is -0.0571. The minimum absolute atomic E-state index is 0.0101. The Morgan fingerprint density at radius 1 is 1.25 bits per heavy atom. The van der Waals surface area contributed by atoms with Crippen LogP contribution in [0.5, 0.6) is 0 Å². The summed E-state index contributed by atoms with van der Waals surface area (Å²) >= 11 is 0. The highest BCUT2D eigenvalue weighted by Gasteiger charge is 2.12. The Morgan fingerprint density at radius 2 is 1.90 bits per heavy atom. The first kappa shape index (κ1) is 14.2. The van der Waals surface area contributed by atoms with Crippen LogP contribution in [-0.4, -0.2) is 34.0 Å². The van der Waals surface area contributed by atoms with Crippen LogP contribution in [0.25, 0.3) is 5.69 Å². The number of anilines is 1. The third-order valence-corrected chi connectivity index (χ3v) is 2.93. The molecule has 6 heteroatoms. The molecule has 2 rings (SSSR count). The molecule has 0 aliphatic heterocycles. The minimum atomic E-state index is -0.0672. The molecule has 1 amide bonds. The molecule has 1 unspecified atom stereocenters. The second-order valence-electron chi connectivity index (χ2n) is 4.56. The van der Waals surface area contributed by atoms with Gasteiger partial charge >= 0.3 is 0 Å².